The summed E-state index contributed by atoms with van der Waals surface area (Å²) in [7, 11) is 0. The van der Waals surface area contributed by atoms with Crippen LogP contribution in [0.5, 0.6) is 5.75 Å². The molecule has 0 spiro atoms. The van der Waals surface area contributed by atoms with E-state index in [0.717, 1.165) is 6.42 Å². The van der Waals surface area contributed by atoms with Gasteiger partial charge in [-0.3, -0.25) is 10.1 Å². The van der Waals surface area contributed by atoms with Crippen LogP contribution in [0.3, 0.4) is 0 Å². The molecule has 1 aromatic rings. The Bertz CT molecular complexity index is 482. The van der Waals surface area contributed by atoms with E-state index in [1.54, 1.807) is 23.1 Å². The van der Waals surface area contributed by atoms with Gasteiger partial charge in [-0.25, -0.2) is 0 Å². The Hall–Kier alpha value is -1.69. The van der Waals surface area contributed by atoms with Crippen LogP contribution in [0.1, 0.15) is 32.0 Å². The molecule has 1 aliphatic heterocycles. The molecular formula is C14H18F2N2O2. The molecule has 2 rings (SSSR count). The number of amides is 1. The topological polar surface area (TPSA) is 41.6 Å². The highest BCUT2D eigenvalue weighted by Crippen LogP contribution is 2.32. The molecule has 1 amide bonds. The zero-order chi connectivity index (χ0) is 14.7. The van der Waals surface area contributed by atoms with Crippen molar-refractivity contribution in [1.29, 1.82) is 0 Å². The number of carbonyl (C=O) groups is 1. The first-order valence-electron chi connectivity index (χ1n) is 6.62. The molecular weight excluding hydrogens is 266 g/mol. The van der Waals surface area contributed by atoms with Gasteiger partial charge in [0.15, 0.2) is 0 Å². The van der Waals surface area contributed by atoms with Gasteiger partial charge in [0.2, 0.25) is 5.91 Å². The Kier molecular flexibility index (Phi) is 4.54. The van der Waals surface area contributed by atoms with Crippen LogP contribution in [0.25, 0.3) is 0 Å². The lowest BCUT2D eigenvalue weighted by Gasteiger charge is -2.30. The Balaban J connectivity index is 2.32. The van der Waals surface area contributed by atoms with Crippen molar-refractivity contribution >= 4 is 5.91 Å². The van der Waals surface area contributed by atoms with Gasteiger partial charge in [0.05, 0.1) is 6.54 Å². The molecule has 110 valence electrons. The van der Waals surface area contributed by atoms with Crippen LogP contribution in [0.15, 0.2) is 24.3 Å². The van der Waals surface area contributed by atoms with Crippen LogP contribution in [-0.2, 0) is 4.79 Å². The van der Waals surface area contributed by atoms with E-state index >= 15 is 0 Å². The molecule has 20 heavy (non-hydrogen) atoms. The van der Waals surface area contributed by atoms with Gasteiger partial charge in [-0.1, -0.05) is 25.1 Å². The molecule has 6 heteroatoms. The molecule has 1 heterocycles. The molecule has 1 aromatic carbocycles. The number of ether oxygens (including phenoxy) is 1. The summed E-state index contributed by atoms with van der Waals surface area (Å²) in [5, 5.41) is 3.05. The zero-order valence-electron chi connectivity index (χ0n) is 11.5. The van der Waals surface area contributed by atoms with Crippen molar-refractivity contribution in [3.63, 3.8) is 0 Å². The standard InChI is InChI=1S/C14H18F2N2O2/c1-3-9(2)18-12(19)8-17-13(18)10-6-4-5-7-11(10)20-14(15)16/h4-7,9,13-14,17H,3,8H2,1-2H3. The smallest absolute Gasteiger partial charge is 0.387 e. The first-order valence-corrected chi connectivity index (χ1v) is 6.62. The molecule has 0 radical (unpaired) electrons. The highest BCUT2D eigenvalue weighted by Gasteiger charge is 2.35. The lowest BCUT2D eigenvalue weighted by molar-refractivity contribution is -0.130. The minimum absolute atomic E-state index is 0.0297. The fraction of sp³-hybridized carbons (Fsp3) is 0.500. The van der Waals surface area contributed by atoms with E-state index < -0.39 is 12.8 Å². The number of benzene rings is 1. The van der Waals surface area contributed by atoms with Crippen LogP contribution in [0, 0.1) is 0 Å². The average molecular weight is 284 g/mol. The third-order valence-electron chi connectivity index (χ3n) is 3.51. The van der Waals surface area contributed by atoms with Crippen LogP contribution in [0.2, 0.25) is 0 Å². The summed E-state index contributed by atoms with van der Waals surface area (Å²) < 4.78 is 29.5. The van der Waals surface area contributed by atoms with Gasteiger partial charge >= 0.3 is 6.61 Å². The number of hydrogen-bond donors (Lipinski definition) is 1. The maximum atomic E-state index is 12.5. The lowest BCUT2D eigenvalue weighted by Crippen LogP contribution is -2.37. The fourth-order valence-electron chi connectivity index (χ4n) is 2.38. The second-order valence-corrected chi connectivity index (χ2v) is 4.76. The van der Waals surface area contributed by atoms with E-state index in [1.165, 1.54) is 6.07 Å². The number of para-hydroxylation sites is 1. The maximum Gasteiger partial charge on any atom is 0.387 e. The van der Waals surface area contributed by atoms with Crippen molar-refractivity contribution in [3.05, 3.63) is 29.8 Å². The summed E-state index contributed by atoms with van der Waals surface area (Å²) >= 11 is 0. The van der Waals surface area contributed by atoms with Crippen LogP contribution < -0.4 is 10.1 Å². The van der Waals surface area contributed by atoms with Crippen molar-refractivity contribution in [2.24, 2.45) is 0 Å². The van der Waals surface area contributed by atoms with Crippen LogP contribution in [0.4, 0.5) is 8.78 Å². The summed E-state index contributed by atoms with van der Waals surface area (Å²) in [6, 6.07) is 6.59. The molecule has 0 bridgehead atoms. The second kappa shape index (κ2) is 6.17. The van der Waals surface area contributed by atoms with Crippen molar-refractivity contribution in [3.8, 4) is 5.75 Å². The van der Waals surface area contributed by atoms with E-state index in [0.29, 0.717) is 5.56 Å². The first-order chi connectivity index (χ1) is 9.54. The fourth-order valence-corrected chi connectivity index (χ4v) is 2.38. The SMILES string of the molecule is CCC(C)N1C(=O)CNC1c1ccccc1OC(F)F. The summed E-state index contributed by atoms with van der Waals surface area (Å²) in [4.78, 5) is 13.7. The Labute approximate surface area is 116 Å². The van der Waals surface area contributed by atoms with E-state index in [2.05, 4.69) is 10.1 Å². The molecule has 1 saturated heterocycles. The minimum Gasteiger partial charge on any atom is -0.434 e. The number of carbonyl (C=O) groups excluding carboxylic acids is 1. The number of hydrogen-bond acceptors (Lipinski definition) is 3. The molecule has 4 nitrogen and oxygen atoms in total. The van der Waals surface area contributed by atoms with E-state index in [-0.39, 0.29) is 24.2 Å². The van der Waals surface area contributed by atoms with Crippen molar-refractivity contribution in [1.82, 2.24) is 10.2 Å². The van der Waals surface area contributed by atoms with Gasteiger partial charge < -0.3 is 9.64 Å². The summed E-state index contributed by atoms with van der Waals surface area (Å²) in [5.74, 6) is 0.0687. The third kappa shape index (κ3) is 2.90. The molecule has 0 aliphatic carbocycles. The molecule has 1 N–H and O–H groups in total. The largest absolute Gasteiger partial charge is 0.434 e. The second-order valence-electron chi connectivity index (χ2n) is 4.76. The Morgan fingerprint density at radius 2 is 2.15 bits per heavy atom. The maximum absolute atomic E-state index is 12.5. The predicted octanol–water partition coefficient (Wildman–Crippen LogP) is 2.52. The first kappa shape index (κ1) is 14.7. The number of nitrogens with one attached hydrogen (secondary N) is 1. The van der Waals surface area contributed by atoms with Gasteiger partial charge in [0.25, 0.3) is 0 Å². The predicted molar refractivity (Wildman–Crippen MR) is 70.4 cm³/mol. The normalized spacial score (nSPS) is 20.6. The molecule has 0 aromatic heterocycles. The Morgan fingerprint density at radius 1 is 1.45 bits per heavy atom. The number of alkyl halides is 2. The van der Waals surface area contributed by atoms with E-state index in [1.807, 2.05) is 13.8 Å². The zero-order valence-corrected chi connectivity index (χ0v) is 11.5. The van der Waals surface area contributed by atoms with Crippen molar-refractivity contribution in [2.45, 2.75) is 39.1 Å². The number of rotatable bonds is 5. The highest BCUT2D eigenvalue weighted by molar-refractivity contribution is 5.81. The highest BCUT2D eigenvalue weighted by atomic mass is 19.3. The number of halogens is 2. The van der Waals surface area contributed by atoms with Gasteiger partial charge in [-0.2, -0.15) is 8.78 Å². The van der Waals surface area contributed by atoms with Gasteiger partial charge in [-0.05, 0) is 19.4 Å². The minimum atomic E-state index is -2.88. The summed E-state index contributed by atoms with van der Waals surface area (Å²) in [5.41, 5.74) is 0.555. The average Bonchev–Trinajstić information content (AvgIpc) is 2.79. The van der Waals surface area contributed by atoms with Gasteiger partial charge in [0.1, 0.15) is 11.9 Å². The summed E-state index contributed by atoms with van der Waals surface area (Å²) in [6.07, 6.45) is 0.370. The summed E-state index contributed by atoms with van der Waals surface area (Å²) in [6.45, 7) is 1.24. The Morgan fingerprint density at radius 3 is 2.80 bits per heavy atom. The van der Waals surface area contributed by atoms with E-state index in [9.17, 15) is 13.6 Å². The number of nitrogens with zero attached hydrogens (tertiary/aromatic N) is 1. The lowest BCUT2D eigenvalue weighted by atomic mass is 10.1. The van der Waals surface area contributed by atoms with E-state index in [4.69, 9.17) is 0 Å². The molecule has 1 fully saturated rings. The molecule has 2 unspecified atom stereocenters. The van der Waals surface area contributed by atoms with Crippen molar-refractivity contribution in [2.75, 3.05) is 6.54 Å². The van der Waals surface area contributed by atoms with Crippen molar-refractivity contribution < 1.29 is 18.3 Å². The van der Waals surface area contributed by atoms with Crippen LogP contribution >= 0.6 is 0 Å². The molecule has 0 saturated carbocycles. The molecule has 1 aliphatic rings. The molecule has 2 atom stereocenters. The monoisotopic (exact) mass is 284 g/mol. The quantitative estimate of drug-likeness (QED) is 0.903. The third-order valence-corrected chi connectivity index (χ3v) is 3.51. The van der Waals surface area contributed by atoms with Crippen LogP contribution in [-0.4, -0.2) is 30.0 Å². The van der Waals surface area contributed by atoms with Gasteiger partial charge in [-0.15, -0.1) is 0 Å². The van der Waals surface area contributed by atoms with Gasteiger partial charge in [0, 0.05) is 11.6 Å².